The summed E-state index contributed by atoms with van der Waals surface area (Å²) in [4.78, 5) is 7.38. The summed E-state index contributed by atoms with van der Waals surface area (Å²) in [6.07, 6.45) is 6.77. The quantitative estimate of drug-likeness (QED) is 0.293. The maximum absolute atomic E-state index is 11.3. The maximum atomic E-state index is 11.3. The van der Waals surface area contributed by atoms with Crippen molar-refractivity contribution < 1.29 is 5.11 Å². The summed E-state index contributed by atoms with van der Waals surface area (Å²) in [5.74, 6) is 0. The molecule has 1 atom stereocenters. The van der Waals surface area contributed by atoms with Crippen molar-refractivity contribution in [2.75, 3.05) is 19.6 Å². The molecular weight excluding hydrogens is 392 g/mol. The number of rotatable bonds is 13. The average molecular weight is 431 g/mol. The highest BCUT2D eigenvalue weighted by Crippen LogP contribution is 2.28. The van der Waals surface area contributed by atoms with Crippen LogP contribution in [0.4, 0.5) is 0 Å². The molecule has 0 radical (unpaired) electrons. The molecule has 0 saturated carbocycles. The predicted octanol–water partition coefficient (Wildman–Crippen LogP) is 7.13. The molecule has 3 aromatic rings. The Morgan fingerprint density at radius 1 is 0.719 bits per heavy atom. The van der Waals surface area contributed by atoms with Gasteiger partial charge in [0.2, 0.25) is 0 Å². The molecule has 1 aromatic heterocycles. The van der Waals surface area contributed by atoms with Crippen LogP contribution in [0, 0.1) is 0 Å². The van der Waals surface area contributed by atoms with Crippen molar-refractivity contribution in [2.24, 2.45) is 0 Å². The van der Waals surface area contributed by atoms with Crippen molar-refractivity contribution in [2.45, 2.75) is 58.5 Å². The van der Waals surface area contributed by atoms with Crippen molar-refractivity contribution in [3.8, 4) is 22.5 Å². The topological polar surface area (TPSA) is 36.4 Å². The van der Waals surface area contributed by atoms with Gasteiger partial charge in [-0.25, -0.2) is 4.98 Å². The van der Waals surface area contributed by atoms with Gasteiger partial charge in [-0.2, -0.15) is 0 Å². The van der Waals surface area contributed by atoms with Gasteiger partial charge >= 0.3 is 0 Å². The fourth-order valence-corrected chi connectivity index (χ4v) is 4.07. The lowest BCUT2D eigenvalue weighted by molar-refractivity contribution is 0.110. The summed E-state index contributed by atoms with van der Waals surface area (Å²) in [6.45, 7) is 7.25. The number of aromatic nitrogens is 1. The number of benzene rings is 2. The third kappa shape index (κ3) is 7.29. The highest BCUT2D eigenvalue weighted by atomic mass is 16.3. The van der Waals surface area contributed by atoms with E-state index in [4.69, 9.17) is 4.98 Å². The van der Waals surface area contributed by atoms with Gasteiger partial charge in [0, 0.05) is 17.7 Å². The number of aliphatic hydroxyl groups excluding tert-OH is 1. The zero-order chi connectivity index (χ0) is 22.6. The first-order valence-corrected chi connectivity index (χ1v) is 12.2. The van der Waals surface area contributed by atoms with Crippen LogP contribution in [0.3, 0.4) is 0 Å². The van der Waals surface area contributed by atoms with Crippen LogP contribution in [0.15, 0.2) is 72.8 Å². The highest BCUT2D eigenvalue weighted by Gasteiger charge is 2.16. The van der Waals surface area contributed by atoms with Gasteiger partial charge in [0.15, 0.2) is 0 Å². The van der Waals surface area contributed by atoms with Crippen LogP contribution in [0.2, 0.25) is 0 Å². The summed E-state index contributed by atoms with van der Waals surface area (Å²) in [6, 6.07) is 24.6. The fourth-order valence-electron chi connectivity index (χ4n) is 4.07. The second kappa shape index (κ2) is 13.1. The molecule has 0 saturated heterocycles. The van der Waals surface area contributed by atoms with Crippen LogP contribution < -0.4 is 0 Å². The lowest BCUT2D eigenvalue weighted by Crippen LogP contribution is -2.31. The summed E-state index contributed by atoms with van der Waals surface area (Å²) < 4.78 is 0. The number of unbranched alkanes of at least 4 members (excludes halogenated alkanes) is 4. The maximum Gasteiger partial charge on any atom is 0.0918 e. The van der Waals surface area contributed by atoms with Gasteiger partial charge in [0.05, 0.1) is 17.5 Å². The zero-order valence-electron chi connectivity index (χ0n) is 19.7. The first-order chi connectivity index (χ1) is 15.7. The second-order valence-corrected chi connectivity index (χ2v) is 8.63. The van der Waals surface area contributed by atoms with Gasteiger partial charge in [-0.3, -0.25) is 0 Å². The summed E-state index contributed by atoms with van der Waals surface area (Å²) in [5.41, 5.74) is 4.89. The molecule has 1 heterocycles. The van der Waals surface area contributed by atoms with E-state index in [1.165, 1.54) is 38.5 Å². The van der Waals surface area contributed by atoms with Crippen molar-refractivity contribution in [3.05, 3.63) is 78.4 Å². The largest absolute Gasteiger partial charge is 0.387 e. The molecule has 0 bridgehead atoms. The lowest BCUT2D eigenvalue weighted by atomic mass is 10.0. The van der Waals surface area contributed by atoms with E-state index in [1.807, 2.05) is 36.4 Å². The van der Waals surface area contributed by atoms with Crippen LogP contribution in [-0.4, -0.2) is 34.6 Å². The molecule has 0 aliphatic heterocycles. The molecule has 3 nitrogen and oxygen atoms in total. The average Bonchev–Trinajstić information content (AvgIpc) is 2.85. The molecule has 0 spiro atoms. The van der Waals surface area contributed by atoms with E-state index in [-0.39, 0.29) is 0 Å². The zero-order valence-corrected chi connectivity index (χ0v) is 19.7. The van der Waals surface area contributed by atoms with E-state index in [9.17, 15) is 5.11 Å². The van der Waals surface area contributed by atoms with Crippen molar-refractivity contribution in [1.82, 2.24) is 9.88 Å². The van der Waals surface area contributed by atoms with Gasteiger partial charge in [-0.1, -0.05) is 100 Å². The predicted molar refractivity (Wildman–Crippen MR) is 136 cm³/mol. The number of pyridine rings is 1. The highest BCUT2D eigenvalue weighted by molar-refractivity contribution is 5.67. The van der Waals surface area contributed by atoms with E-state index < -0.39 is 6.10 Å². The van der Waals surface area contributed by atoms with E-state index >= 15 is 0 Å². The molecule has 0 fully saturated rings. The minimum Gasteiger partial charge on any atom is -0.387 e. The lowest BCUT2D eigenvalue weighted by Gasteiger charge is -2.26. The van der Waals surface area contributed by atoms with Gasteiger partial charge < -0.3 is 10.0 Å². The molecular formula is C29H38N2O. The molecule has 2 aromatic carbocycles. The minimum atomic E-state index is -0.536. The van der Waals surface area contributed by atoms with Gasteiger partial charge in [0.25, 0.3) is 0 Å². The van der Waals surface area contributed by atoms with Crippen LogP contribution in [0.25, 0.3) is 22.5 Å². The Bertz CT molecular complexity index is 843. The summed E-state index contributed by atoms with van der Waals surface area (Å²) in [5, 5.41) is 11.3. The molecule has 32 heavy (non-hydrogen) atoms. The first kappa shape index (κ1) is 24.2. The molecule has 0 amide bonds. The first-order valence-electron chi connectivity index (χ1n) is 12.2. The van der Waals surface area contributed by atoms with Crippen LogP contribution in [0.1, 0.15) is 64.0 Å². The smallest absolute Gasteiger partial charge is 0.0918 e. The Balaban J connectivity index is 1.86. The van der Waals surface area contributed by atoms with E-state index in [0.29, 0.717) is 6.54 Å². The standard InChI is InChI=1S/C29H38N2O/c1-3-5-13-19-31(20-14-6-4-2)23-29(32)26-21-27(24-15-9-7-10-16-24)30-28(22-26)25-17-11-8-12-18-25/h7-12,15-18,21-22,29,32H,3-6,13-14,19-20,23H2,1-2H3. The SMILES string of the molecule is CCCCCN(CCCCC)CC(O)c1cc(-c2ccccc2)nc(-c2ccccc2)c1. The monoisotopic (exact) mass is 430 g/mol. The Hall–Kier alpha value is -2.49. The van der Waals surface area contributed by atoms with Crippen molar-refractivity contribution >= 4 is 0 Å². The third-order valence-corrected chi connectivity index (χ3v) is 5.96. The number of aliphatic hydroxyl groups is 1. The van der Waals surface area contributed by atoms with Gasteiger partial charge in [-0.15, -0.1) is 0 Å². The molecule has 0 aliphatic rings. The Morgan fingerprint density at radius 3 is 1.62 bits per heavy atom. The van der Waals surface area contributed by atoms with Gasteiger partial charge in [0.1, 0.15) is 0 Å². The number of hydrogen-bond acceptors (Lipinski definition) is 3. The van der Waals surface area contributed by atoms with Crippen molar-refractivity contribution in [3.63, 3.8) is 0 Å². The van der Waals surface area contributed by atoms with E-state index in [0.717, 1.165) is 41.2 Å². The molecule has 1 N–H and O–H groups in total. The van der Waals surface area contributed by atoms with Gasteiger partial charge in [-0.05, 0) is 43.6 Å². The fraction of sp³-hybridized carbons (Fsp3) is 0.414. The van der Waals surface area contributed by atoms with Crippen molar-refractivity contribution in [1.29, 1.82) is 0 Å². The molecule has 170 valence electrons. The number of hydrogen-bond donors (Lipinski definition) is 1. The molecule has 1 unspecified atom stereocenters. The summed E-state index contributed by atoms with van der Waals surface area (Å²) in [7, 11) is 0. The normalized spacial score (nSPS) is 12.2. The second-order valence-electron chi connectivity index (χ2n) is 8.63. The van der Waals surface area contributed by atoms with Crippen LogP contribution in [0.5, 0.6) is 0 Å². The Kier molecular flexibility index (Phi) is 9.93. The minimum absolute atomic E-state index is 0.536. The van der Waals surface area contributed by atoms with E-state index in [2.05, 4.69) is 55.1 Å². The molecule has 3 rings (SSSR count). The summed E-state index contributed by atoms with van der Waals surface area (Å²) >= 11 is 0. The van der Waals surface area contributed by atoms with Crippen LogP contribution in [-0.2, 0) is 0 Å². The third-order valence-electron chi connectivity index (χ3n) is 5.96. The number of nitrogens with zero attached hydrogens (tertiary/aromatic N) is 2. The molecule has 3 heteroatoms. The Morgan fingerprint density at radius 2 is 1.19 bits per heavy atom. The Labute approximate surface area is 194 Å². The van der Waals surface area contributed by atoms with Crippen LogP contribution >= 0.6 is 0 Å². The molecule has 0 aliphatic carbocycles. The van der Waals surface area contributed by atoms with E-state index in [1.54, 1.807) is 0 Å².